The lowest BCUT2D eigenvalue weighted by Crippen LogP contribution is -2.51. The summed E-state index contributed by atoms with van der Waals surface area (Å²) >= 11 is 0. The Morgan fingerprint density at radius 3 is 2.50 bits per heavy atom. The van der Waals surface area contributed by atoms with Crippen LogP contribution in [-0.4, -0.2) is 60.9 Å². The van der Waals surface area contributed by atoms with Crippen molar-refractivity contribution in [3.8, 4) is 0 Å². The molecule has 0 saturated carbocycles. The Morgan fingerprint density at radius 1 is 1.39 bits per heavy atom. The molecular formula is C10H18N2O5S. The van der Waals surface area contributed by atoms with Crippen molar-refractivity contribution in [2.45, 2.75) is 30.1 Å². The van der Waals surface area contributed by atoms with Crippen LogP contribution in [0.15, 0.2) is 0 Å². The molecule has 3 N–H and O–H groups in total. The third kappa shape index (κ3) is 2.37. The van der Waals surface area contributed by atoms with E-state index in [2.05, 4.69) is 0 Å². The number of nitrogens with zero attached hydrogens (tertiary/aromatic N) is 1. The molecule has 2 rings (SSSR count). The van der Waals surface area contributed by atoms with Crippen LogP contribution in [0.4, 0.5) is 0 Å². The van der Waals surface area contributed by atoms with E-state index in [4.69, 9.17) is 15.6 Å². The van der Waals surface area contributed by atoms with Gasteiger partial charge in [-0.1, -0.05) is 0 Å². The van der Waals surface area contributed by atoms with Gasteiger partial charge in [0, 0.05) is 26.3 Å². The molecule has 0 amide bonds. The zero-order chi connectivity index (χ0) is 13.4. The van der Waals surface area contributed by atoms with Crippen molar-refractivity contribution in [2.75, 3.05) is 26.3 Å². The number of carbonyl (C=O) groups is 1. The van der Waals surface area contributed by atoms with Crippen LogP contribution in [0.25, 0.3) is 0 Å². The Hall–Kier alpha value is -0.700. The molecule has 0 aliphatic carbocycles. The van der Waals surface area contributed by atoms with Gasteiger partial charge in [-0.2, -0.15) is 4.31 Å². The number of carboxylic acid groups (broad SMARTS) is 1. The second kappa shape index (κ2) is 4.76. The fraction of sp³-hybridized carbons (Fsp3) is 0.900. The summed E-state index contributed by atoms with van der Waals surface area (Å²) in [5.41, 5.74) is 4.24. The van der Waals surface area contributed by atoms with Crippen LogP contribution < -0.4 is 5.73 Å². The predicted octanol–water partition coefficient (Wildman–Crippen LogP) is -1.02. The van der Waals surface area contributed by atoms with E-state index in [1.54, 1.807) is 0 Å². The second-order valence-electron chi connectivity index (χ2n) is 4.90. The average molecular weight is 278 g/mol. The molecule has 0 spiro atoms. The Kier molecular flexibility index (Phi) is 3.63. The van der Waals surface area contributed by atoms with E-state index in [1.165, 1.54) is 4.31 Å². The maximum absolute atomic E-state index is 12.3. The molecule has 2 fully saturated rings. The number of hydrogen-bond acceptors (Lipinski definition) is 5. The van der Waals surface area contributed by atoms with E-state index >= 15 is 0 Å². The Morgan fingerprint density at radius 2 is 2.00 bits per heavy atom. The normalized spacial score (nSPS) is 31.6. The van der Waals surface area contributed by atoms with Crippen molar-refractivity contribution in [1.82, 2.24) is 4.31 Å². The number of rotatable bonds is 3. The van der Waals surface area contributed by atoms with Crippen molar-refractivity contribution >= 4 is 16.0 Å². The molecule has 2 aliphatic rings. The number of nitrogens with two attached hydrogens (primary N) is 1. The molecule has 2 aliphatic heterocycles. The monoisotopic (exact) mass is 278 g/mol. The van der Waals surface area contributed by atoms with E-state index in [-0.39, 0.29) is 19.5 Å². The lowest BCUT2D eigenvalue weighted by atomic mass is 10.0. The summed E-state index contributed by atoms with van der Waals surface area (Å²) in [4.78, 5) is 11.0. The minimum Gasteiger partial charge on any atom is -0.480 e. The molecule has 7 nitrogen and oxygen atoms in total. The zero-order valence-electron chi connectivity index (χ0n) is 10.0. The molecule has 0 radical (unpaired) electrons. The number of carboxylic acids is 1. The molecule has 1 atom stereocenters. The van der Waals surface area contributed by atoms with Gasteiger partial charge >= 0.3 is 5.97 Å². The van der Waals surface area contributed by atoms with E-state index in [9.17, 15) is 13.2 Å². The molecule has 8 heteroatoms. The number of ether oxygens (including phenoxy) is 1. The number of sulfonamides is 1. The van der Waals surface area contributed by atoms with Crippen LogP contribution in [0.2, 0.25) is 0 Å². The maximum Gasteiger partial charge on any atom is 0.325 e. The summed E-state index contributed by atoms with van der Waals surface area (Å²) in [6.45, 7) is 0.916. The van der Waals surface area contributed by atoms with Crippen LogP contribution in [0.3, 0.4) is 0 Å². The lowest BCUT2D eigenvalue weighted by molar-refractivity contribution is -0.142. The van der Waals surface area contributed by atoms with E-state index in [1.807, 2.05) is 0 Å². The summed E-state index contributed by atoms with van der Waals surface area (Å²) in [6, 6.07) is 0. The number of aliphatic carboxylic acids is 1. The van der Waals surface area contributed by atoms with Crippen molar-refractivity contribution < 1.29 is 23.1 Å². The van der Waals surface area contributed by atoms with Gasteiger partial charge in [0.2, 0.25) is 10.0 Å². The van der Waals surface area contributed by atoms with Gasteiger partial charge in [0.25, 0.3) is 0 Å². The topological polar surface area (TPSA) is 110 Å². The second-order valence-corrected chi connectivity index (χ2v) is 7.11. The van der Waals surface area contributed by atoms with Crippen LogP contribution in [0, 0.1) is 0 Å². The van der Waals surface area contributed by atoms with Gasteiger partial charge in [0.1, 0.15) is 5.54 Å². The minimum absolute atomic E-state index is 0.137. The summed E-state index contributed by atoms with van der Waals surface area (Å²) in [5.74, 6) is -1.15. The summed E-state index contributed by atoms with van der Waals surface area (Å²) < 4.78 is 31.0. The van der Waals surface area contributed by atoms with Crippen LogP contribution in [0.5, 0.6) is 0 Å². The summed E-state index contributed by atoms with van der Waals surface area (Å²) in [6.07, 6.45) is 1.08. The quantitative estimate of drug-likeness (QED) is 0.684. The first-order valence-electron chi connectivity index (χ1n) is 5.95. The SMILES string of the molecule is NC1(C(=O)O)CCN(S(=O)(=O)C2CCOCC2)C1. The minimum atomic E-state index is -3.46. The maximum atomic E-state index is 12.3. The Labute approximate surface area is 106 Å². The van der Waals surface area contributed by atoms with E-state index in [0.717, 1.165) is 0 Å². The highest BCUT2D eigenvalue weighted by molar-refractivity contribution is 7.89. The van der Waals surface area contributed by atoms with E-state index < -0.39 is 26.8 Å². The molecule has 1 unspecified atom stereocenters. The molecular weight excluding hydrogens is 260 g/mol. The van der Waals surface area contributed by atoms with Gasteiger partial charge in [-0.15, -0.1) is 0 Å². The highest BCUT2D eigenvalue weighted by Crippen LogP contribution is 2.27. The smallest absolute Gasteiger partial charge is 0.325 e. The van der Waals surface area contributed by atoms with Gasteiger partial charge in [0.15, 0.2) is 0 Å². The predicted molar refractivity (Wildman–Crippen MR) is 63.5 cm³/mol. The fourth-order valence-electron chi connectivity index (χ4n) is 2.37. The Bertz CT molecular complexity index is 432. The standard InChI is InChI=1S/C10H18N2O5S/c11-10(9(13)14)3-4-12(7-10)18(15,16)8-1-5-17-6-2-8/h8H,1-7,11H2,(H,13,14). The molecule has 0 aromatic carbocycles. The van der Waals surface area contributed by atoms with Crippen molar-refractivity contribution in [3.63, 3.8) is 0 Å². The summed E-state index contributed by atoms with van der Waals surface area (Å²) in [5, 5.41) is 8.53. The first-order valence-corrected chi connectivity index (χ1v) is 7.45. The van der Waals surface area contributed by atoms with Crippen LogP contribution in [0.1, 0.15) is 19.3 Å². The van der Waals surface area contributed by atoms with Gasteiger partial charge in [-0.3, -0.25) is 4.79 Å². The third-order valence-electron chi connectivity index (χ3n) is 3.64. The van der Waals surface area contributed by atoms with Crippen molar-refractivity contribution in [2.24, 2.45) is 5.73 Å². The Balaban J connectivity index is 2.10. The average Bonchev–Trinajstić information content (AvgIpc) is 2.75. The van der Waals surface area contributed by atoms with Crippen LogP contribution in [-0.2, 0) is 19.6 Å². The van der Waals surface area contributed by atoms with Gasteiger partial charge in [-0.25, -0.2) is 8.42 Å². The highest BCUT2D eigenvalue weighted by Gasteiger charge is 2.47. The molecule has 2 heterocycles. The molecule has 104 valence electrons. The van der Waals surface area contributed by atoms with Crippen molar-refractivity contribution in [3.05, 3.63) is 0 Å². The van der Waals surface area contributed by atoms with Gasteiger partial charge < -0.3 is 15.6 Å². The highest BCUT2D eigenvalue weighted by atomic mass is 32.2. The summed E-state index contributed by atoms with van der Waals surface area (Å²) in [7, 11) is -3.46. The number of hydrogen-bond donors (Lipinski definition) is 2. The molecule has 0 bridgehead atoms. The molecule has 0 aromatic heterocycles. The molecule has 2 saturated heterocycles. The molecule has 0 aromatic rings. The third-order valence-corrected chi connectivity index (χ3v) is 5.99. The van der Waals surface area contributed by atoms with Crippen LogP contribution >= 0.6 is 0 Å². The fourth-order valence-corrected chi connectivity index (χ4v) is 4.34. The molecule has 18 heavy (non-hydrogen) atoms. The first-order chi connectivity index (χ1) is 8.36. The first kappa shape index (κ1) is 13.7. The lowest BCUT2D eigenvalue weighted by Gasteiger charge is -2.27. The van der Waals surface area contributed by atoms with Crippen molar-refractivity contribution in [1.29, 1.82) is 0 Å². The zero-order valence-corrected chi connectivity index (χ0v) is 10.9. The largest absolute Gasteiger partial charge is 0.480 e. The van der Waals surface area contributed by atoms with Gasteiger partial charge in [-0.05, 0) is 19.3 Å². The van der Waals surface area contributed by atoms with E-state index in [0.29, 0.717) is 26.1 Å². The van der Waals surface area contributed by atoms with Gasteiger partial charge in [0.05, 0.1) is 5.25 Å².